The zero-order chi connectivity index (χ0) is 16.9. The van der Waals surface area contributed by atoms with Crippen molar-refractivity contribution >= 4 is 22.4 Å². The minimum absolute atomic E-state index is 0.112. The molecule has 2 aromatic heterocycles. The predicted octanol–water partition coefficient (Wildman–Crippen LogP) is 1.46. The Morgan fingerprint density at radius 3 is 2.71 bits per heavy atom. The maximum absolute atomic E-state index is 12.6. The molecule has 128 valence electrons. The fourth-order valence-corrected chi connectivity index (χ4v) is 3.36. The van der Waals surface area contributed by atoms with Gasteiger partial charge in [-0.1, -0.05) is 13.3 Å². The van der Waals surface area contributed by atoms with Crippen LogP contribution in [0.25, 0.3) is 0 Å². The van der Waals surface area contributed by atoms with Crippen molar-refractivity contribution in [1.29, 1.82) is 0 Å². The summed E-state index contributed by atoms with van der Waals surface area (Å²) in [7, 11) is 0. The third kappa shape index (κ3) is 3.64. The summed E-state index contributed by atoms with van der Waals surface area (Å²) >= 11 is 1.61. The molecule has 0 N–H and O–H groups in total. The van der Waals surface area contributed by atoms with Crippen LogP contribution < -0.4 is 10.5 Å². The molecule has 1 fully saturated rings. The first kappa shape index (κ1) is 16.6. The van der Waals surface area contributed by atoms with Crippen molar-refractivity contribution in [3.8, 4) is 0 Å². The van der Waals surface area contributed by atoms with Crippen molar-refractivity contribution in [2.75, 3.05) is 31.1 Å². The van der Waals surface area contributed by atoms with E-state index in [1.807, 2.05) is 5.38 Å². The zero-order valence-corrected chi connectivity index (χ0v) is 14.5. The normalized spacial score (nSPS) is 14.9. The van der Waals surface area contributed by atoms with Gasteiger partial charge in [-0.05, 0) is 12.5 Å². The molecule has 0 saturated carbocycles. The lowest BCUT2D eigenvalue weighted by Crippen LogP contribution is -2.49. The van der Waals surface area contributed by atoms with E-state index in [4.69, 9.17) is 0 Å². The van der Waals surface area contributed by atoms with E-state index >= 15 is 0 Å². The van der Waals surface area contributed by atoms with Crippen LogP contribution in [-0.4, -0.2) is 51.8 Å². The molecule has 8 heteroatoms. The number of carbonyl (C=O) groups excluding carboxylic acids is 1. The number of anilines is 1. The zero-order valence-electron chi connectivity index (χ0n) is 13.7. The smallest absolute Gasteiger partial charge is 0.274 e. The number of aromatic nitrogens is 3. The highest BCUT2D eigenvalue weighted by atomic mass is 32.1. The Morgan fingerprint density at radius 1 is 1.25 bits per heavy atom. The molecule has 1 aliphatic heterocycles. The van der Waals surface area contributed by atoms with E-state index in [9.17, 15) is 9.59 Å². The summed E-state index contributed by atoms with van der Waals surface area (Å²) in [5.74, 6) is -0.112. The maximum Gasteiger partial charge on any atom is 0.274 e. The number of hydrogen-bond donors (Lipinski definition) is 0. The summed E-state index contributed by atoms with van der Waals surface area (Å²) in [6.45, 7) is 5.39. The first-order valence-corrected chi connectivity index (χ1v) is 9.09. The number of carbonyl (C=O) groups is 1. The Bertz CT molecular complexity index is 735. The van der Waals surface area contributed by atoms with Gasteiger partial charge in [-0.3, -0.25) is 9.59 Å². The van der Waals surface area contributed by atoms with Crippen LogP contribution in [0.1, 0.15) is 30.3 Å². The molecule has 0 radical (unpaired) electrons. The van der Waals surface area contributed by atoms with Crippen molar-refractivity contribution in [3.05, 3.63) is 39.8 Å². The molecule has 0 bridgehead atoms. The van der Waals surface area contributed by atoms with Crippen LogP contribution in [0, 0.1) is 0 Å². The van der Waals surface area contributed by atoms with Crippen molar-refractivity contribution < 1.29 is 4.79 Å². The van der Waals surface area contributed by atoms with Gasteiger partial charge in [0.05, 0.1) is 0 Å². The Hall–Kier alpha value is -2.22. The average Bonchev–Trinajstić information content (AvgIpc) is 3.15. The molecular formula is C16H21N5O2S. The summed E-state index contributed by atoms with van der Waals surface area (Å²) in [4.78, 5) is 32.7. The molecule has 3 rings (SSSR count). The summed E-state index contributed by atoms with van der Waals surface area (Å²) in [5.41, 5.74) is 0.182. The first-order chi connectivity index (χ1) is 11.7. The van der Waals surface area contributed by atoms with Gasteiger partial charge in [-0.25, -0.2) is 9.67 Å². The topological polar surface area (TPSA) is 71.3 Å². The van der Waals surface area contributed by atoms with Gasteiger partial charge in [0.25, 0.3) is 11.5 Å². The van der Waals surface area contributed by atoms with E-state index < -0.39 is 0 Å². The Morgan fingerprint density at radius 2 is 2.04 bits per heavy atom. The van der Waals surface area contributed by atoms with E-state index in [0.29, 0.717) is 25.3 Å². The molecule has 0 aromatic carbocycles. The summed E-state index contributed by atoms with van der Waals surface area (Å²) in [6, 6.07) is 2.96. The van der Waals surface area contributed by atoms with E-state index in [1.165, 1.54) is 16.8 Å². The third-order valence-electron chi connectivity index (χ3n) is 4.07. The monoisotopic (exact) mass is 347 g/mol. The second kappa shape index (κ2) is 7.57. The van der Waals surface area contributed by atoms with Gasteiger partial charge >= 0.3 is 0 Å². The van der Waals surface area contributed by atoms with Crippen LogP contribution >= 0.6 is 11.3 Å². The van der Waals surface area contributed by atoms with Gasteiger partial charge in [0.15, 0.2) is 5.13 Å². The Kier molecular flexibility index (Phi) is 5.24. The highest BCUT2D eigenvalue weighted by molar-refractivity contribution is 7.13. The molecule has 24 heavy (non-hydrogen) atoms. The van der Waals surface area contributed by atoms with Crippen molar-refractivity contribution in [1.82, 2.24) is 19.7 Å². The van der Waals surface area contributed by atoms with Gasteiger partial charge in [0.1, 0.15) is 5.69 Å². The molecule has 1 saturated heterocycles. The number of rotatable bonds is 5. The number of unbranched alkanes of at least 4 members (excludes halogenated alkanes) is 1. The maximum atomic E-state index is 12.6. The van der Waals surface area contributed by atoms with Crippen LogP contribution in [0.3, 0.4) is 0 Å². The number of amides is 1. The van der Waals surface area contributed by atoms with Crippen molar-refractivity contribution in [3.63, 3.8) is 0 Å². The van der Waals surface area contributed by atoms with Crippen molar-refractivity contribution in [2.45, 2.75) is 26.3 Å². The molecule has 0 unspecified atom stereocenters. The van der Waals surface area contributed by atoms with Gasteiger partial charge in [-0.2, -0.15) is 5.10 Å². The third-order valence-corrected chi connectivity index (χ3v) is 4.90. The summed E-state index contributed by atoms with van der Waals surface area (Å²) in [5, 5.41) is 7.19. The van der Waals surface area contributed by atoms with Gasteiger partial charge in [-0.15, -0.1) is 11.3 Å². The number of nitrogens with zero attached hydrogens (tertiary/aromatic N) is 5. The lowest BCUT2D eigenvalue weighted by atomic mass is 10.2. The Labute approximate surface area is 144 Å². The predicted molar refractivity (Wildman–Crippen MR) is 93.6 cm³/mol. The highest BCUT2D eigenvalue weighted by Gasteiger charge is 2.24. The summed E-state index contributed by atoms with van der Waals surface area (Å²) in [6.07, 6.45) is 3.64. The lowest BCUT2D eigenvalue weighted by molar-refractivity contribution is 0.0738. The molecule has 1 amide bonds. The number of thiazole rings is 1. The van der Waals surface area contributed by atoms with Crippen LogP contribution in [-0.2, 0) is 6.54 Å². The van der Waals surface area contributed by atoms with E-state index in [-0.39, 0.29) is 11.5 Å². The van der Waals surface area contributed by atoms with Gasteiger partial charge in [0.2, 0.25) is 0 Å². The minimum atomic E-state index is -0.159. The second-order valence-corrected chi connectivity index (χ2v) is 6.60. The molecule has 3 heterocycles. The quantitative estimate of drug-likeness (QED) is 0.819. The van der Waals surface area contributed by atoms with E-state index in [2.05, 4.69) is 21.9 Å². The number of hydrogen-bond acceptors (Lipinski definition) is 6. The van der Waals surface area contributed by atoms with Crippen LogP contribution in [0.4, 0.5) is 5.13 Å². The largest absolute Gasteiger partial charge is 0.345 e. The first-order valence-electron chi connectivity index (χ1n) is 8.21. The van der Waals surface area contributed by atoms with Crippen LogP contribution in [0.15, 0.2) is 28.5 Å². The summed E-state index contributed by atoms with van der Waals surface area (Å²) < 4.78 is 1.39. The number of aryl methyl sites for hydroxylation is 1. The molecule has 2 aromatic rings. The molecule has 0 spiro atoms. The van der Waals surface area contributed by atoms with Crippen LogP contribution in [0.5, 0.6) is 0 Å². The fraction of sp³-hybridized carbons (Fsp3) is 0.500. The lowest BCUT2D eigenvalue weighted by Gasteiger charge is -2.34. The van der Waals surface area contributed by atoms with E-state index in [1.54, 1.807) is 22.4 Å². The van der Waals surface area contributed by atoms with Gasteiger partial charge < -0.3 is 9.80 Å². The molecule has 7 nitrogen and oxygen atoms in total. The SMILES string of the molecule is CCCCn1nc(C(=O)N2CCN(c3nccs3)CC2)ccc1=O. The molecular weight excluding hydrogens is 326 g/mol. The van der Waals surface area contributed by atoms with Crippen molar-refractivity contribution in [2.24, 2.45) is 0 Å². The molecule has 1 aliphatic rings. The molecule has 0 atom stereocenters. The standard InChI is InChI=1S/C16H21N5O2S/c1-2-3-7-21-14(22)5-4-13(18-21)15(23)19-8-10-20(11-9-19)16-17-6-12-24-16/h4-6,12H,2-3,7-11H2,1H3. The van der Waals surface area contributed by atoms with Gasteiger partial charge in [0, 0.05) is 50.4 Å². The highest BCUT2D eigenvalue weighted by Crippen LogP contribution is 2.19. The fourth-order valence-electron chi connectivity index (χ4n) is 2.67. The minimum Gasteiger partial charge on any atom is -0.345 e. The molecule has 0 aliphatic carbocycles. The average molecular weight is 347 g/mol. The van der Waals surface area contributed by atoms with E-state index in [0.717, 1.165) is 31.1 Å². The van der Waals surface area contributed by atoms with Crippen LogP contribution in [0.2, 0.25) is 0 Å². The number of piperazine rings is 1. The second-order valence-electron chi connectivity index (χ2n) is 5.73. The Balaban J connectivity index is 1.66.